The van der Waals surface area contributed by atoms with Crippen LogP contribution >= 0.6 is 11.6 Å². The fourth-order valence-corrected chi connectivity index (χ4v) is 1.69. The molecule has 3 nitrogen and oxygen atoms in total. The van der Waals surface area contributed by atoms with Crippen LogP contribution in [0.4, 0.5) is 0 Å². The van der Waals surface area contributed by atoms with Crippen molar-refractivity contribution in [1.82, 2.24) is 14.6 Å². The highest BCUT2D eigenvalue weighted by Crippen LogP contribution is 2.39. The molecule has 1 aliphatic carbocycles. The van der Waals surface area contributed by atoms with Crippen LogP contribution in [0.1, 0.15) is 24.5 Å². The lowest BCUT2D eigenvalue weighted by Gasteiger charge is -1.91. The monoisotopic (exact) mass is 193 g/mol. The molecule has 0 spiro atoms. The molecule has 66 valence electrons. The van der Waals surface area contributed by atoms with Gasteiger partial charge >= 0.3 is 0 Å². The summed E-state index contributed by atoms with van der Waals surface area (Å²) in [6.45, 7) is 0. The zero-order chi connectivity index (χ0) is 8.84. The van der Waals surface area contributed by atoms with E-state index in [1.54, 1.807) is 10.7 Å². The first-order valence-corrected chi connectivity index (χ1v) is 4.72. The molecule has 2 aromatic rings. The van der Waals surface area contributed by atoms with Gasteiger partial charge in [0.2, 0.25) is 0 Å². The van der Waals surface area contributed by atoms with Gasteiger partial charge in [0, 0.05) is 18.3 Å². The fourth-order valence-electron chi connectivity index (χ4n) is 1.49. The quantitative estimate of drug-likeness (QED) is 0.696. The van der Waals surface area contributed by atoms with Crippen LogP contribution < -0.4 is 0 Å². The maximum absolute atomic E-state index is 5.92. The summed E-state index contributed by atoms with van der Waals surface area (Å²) >= 11 is 5.92. The average molecular weight is 194 g/mol. The second kappa shape index (κ2) is 2.45. The maximum Gasteiger partial charge on any atom is 0.154 e. The van der Waals surface area contributed by atoms with Crippen molar-refractivity contribution in [3.05, 3.63) is 29.3 Å². The minimum absolute atomic E-state index is 0.530. The van der Waals surface area contributed by atoms with Crippen molar-refractivity contribution in [1.29, 1.82) is 0 Å². The van der Waals surface area contributed by atoms with Gasteiger partial charge in [-0.05, 0) is 18.9 Å². The number of hydrogen-bond acceptors (Lipinski definition) is 2. The molecule has 0 aliphatic heterocycles. The highest BCUT2D eigenvalue weighted by molar-refractivity contribution is 6.32. The van der Waals surface area contributed by atoms with Crippen LogP contribution in [0, 0.1) is 0 Å². The van der Waals surface area contributed by atoms with Crippen molar-refractivity contribution in [3.8, 4) is 0 Å². The van der Waals surface area contributed by atoms with Gasteiger partial charge in [0.25, 0.3) is 0 Å². The molecule has 3 rings (SSSR count). The number of halogens is 1. The first-order chi connectivity index (χ1) is 6.34. The van der Waals surface area contributed by atoms with Gasteiger partial charge in [-0.15, -0.1) is 0 Å². The van der Waals surface area contributed by atoms with Crippen molar-refractivity contribution >= 4 is 17.1 Å². The van der Waals surface area contributed by atoms with Crippen LogP contribution in [0.3, 0.4) is 0 Å². The summed E-state index contributed by atoms with van der Waals surface area (Å²) in [5.74, 6) is 0.663. The molecule has 1 aliphatic rings. The summed E-state index contributed by atoms with van der Waals surface area (Å²) in [6.07, 6.45) is 6.01. The minimum Gasteiger partial charge on any atom is -0.241 e. The standard InChI is InChI=1S/C9H8ClN3/c10-9-8-5-7(6-1-2-6)12-13(8)4-3-11-9/h3-6H,1-2H2. The second-order valence-corrected chi connectivity index (χ2v) is 3.75. The smallest absolute Gasteiger partial charge is 0.154 e. The fraction of sp³-hybridized carbons (Fsp3) is 0.333. The van der Waals surface area contributed by atoms with E-state index in [1.165, 1.54) is 12.8 Å². The molecule has 0 N–H and O–H groups in total. The normalized spacial score (nSPS) is 16.7. The number of fused-ring (bicyclic) bond motifs is 1. The van der Waals surface area contributed by atoms with Gasteiger partial charge < -0.3 is 0 Å². The van der Waals surface area contributed by atoms with Crippen molar-refractivity contribution in [2.75, 3.05) is 0 Å². The number of rotatable bonds is 1. The number of hydrogen-bond donors (Lipinski definition) is 0. The Morgan fingerprint density at radius 1 is 1.46 bits per heavy atom. The molecule has 4 heteroatoms. The Morgan fingerprint density at radius 2 is 2.31 bits per heavy atom. The Balaban J connectivity index is 2.26. The lowest BCUT2D eigenvalue weighted by Crippen LogP contribution is -1.88. The van der Waals surface area contributed by atoms with E-state index in [4.69, 9.17) is 11.6 Å². The molecule has 2 heterocycles. The Morgan fingerprint density at radius 3 is 3.00 bits per heavy atom. The third kappa shape index (κ3) is 1.11. The van der Waals surface area contributed by atoms with Crippen molar-refractivity contribution in [3.63, 3.8) is 0 Å². The molecule has 1 fully saturated rings. The lowest BCUT2D eigenvalue weighted by atomic mass is 10.3. The zero-order valence-corrected chi connectivity index (χ0v) is 7.70. The summed E-state index contributed by atoms with van der Waals surface area (Å²) < 4.78 is 1.79. The van der Waals surface area contributed by atoms with E-state index < -0.39 is 0 Å². The molecule has 2 aromatic heterocycles. The van der Waals surface area contributed by atoms with Gasteiger partial charge in [-0.1, -0.05) is 11.6 Å². The SMILES string of the molecule is Clc1nccn2nc(C3CC3)cc12. The van der Waals surface area contributed by atoms with Gasteiger partial charge in [0.15, 0.2) is 5.15 Å². The van der Waals surface area contributed by atoms with Crippen LogP contribution in [-0.2, 0) is 0 Å². The van der Waals surface area contributed by atoms with E-state index in [-0.39, 0.29) is 0 Å². The topological polar surface area (TPSA) is 30.2 Å². The van der Waals surface area contributed by atoms with Crippen LogP contribution in [0.15, 0.2) is 18.5 Å². The van der Waals surface area contributed by atoms with Crippen LogP contribution in [0.25, 0.3) is 5.52 Å². The zero-order valence-electron chi connectivity index (χ0n) is 6.94. The molecule has 0 amide bonds. The Hall–Kier alpha value is -1.09. The Labute approximate surface area is 80.3 Å². The Kier molecular flexibility index (Phi) is 1.38. The third-order valence-corrected chi connectivity index (χ3v) is 2.65. The number of aromatic nitrogens is 3. The second-order valence-electron chi connectivity index (χ2n) is 3.39. The molecule has 0 atom stereocenters. The van der Waals surface area contributed by atoms with E-state index in [0.717, 1.165) is 11.2 Å². The van der Waals surface area contributed by atoms with E-state index in [9.17, 15) is 0 Å². The van der Waals surface area contributed by atoms with E-state index in [2.05, 4.69) is 10.1 Å². The molecule has 0 aromatic carbocycles. The molecular weight excluding hydrogens is 186 g/mol. The molecule has 0 unspecified atom stereocenters. The Bertz CT molecular complexity index is 459. The van der Waals surface area contributed by atoms with Gasteiger partial charge in [0.1, 0.15) is 5.52 Å². The van der Waals surface area contributed by atoms with Crippen molar-refractivity contribution in [2.24, 2.45) is 0 Å². The third-order valence-electron chi connectivity index (χ3n) is 2.36. The largest absolute Gasteiger partial charge is 0.241 e. The summed E-state index contributed by atoms with van der Waals surface area (Å²) in [5, 5.41) is 4.96. The summed E-state index contributed by atoms with van der Waals surface area (Å²) in [5.41, 5.74) is 2.06. The predicted octanol–water partition coefficient (Wildman–Crippen LogP) is 2.26. The highest BCUT2D eigenvalue weighted by Gasteiger charge is 2.26. The van der Waals surface area contributed by atoms with Gasteiger partial charge in [0.05, 0.1) is 5.69 Å². The van der Waals surface area contributed by atoms with Gasteiger partial charge in [-0.25, -0.2) is 9.50 Å². The van der Waals surface area contributed by atoms with Crippen molar-refractivity contribution in [2.45, 2.75) is 18.8 Å². The molecular formula is C9H8ClN3. The van der Waals surface area contributed by atoms with Gasteiger partial charge in [-0.2, -0.15) is 5.10 Å². The maximum atomic E-state index is 5.92. The molecule has 1 saturated carbocycles. The van der Waals surface area contributed by atoms with Crippen LogP contribution in [0.5, 0.6) is 0 Å². The van der Waals surface area contributed by atoms with E-state index in [0.29, 0.717) is 11.1 Å². The molecule has 0 radical (unpaired) electrons. The minimum atomic E-state index is 0.530. The first kappa shape index (κ1) is 7.33. The van der Waals surface area contributed by atoms with E-state index in [1.807, 2.05) is 12.3 Å². The van der Waals surface area contributed by atoms with Crippen molar-refractivity contribution < 1.29 is 0 Å². The molecule has 0 saturated heterocycles. The number of nitrogens with zero attached hydrogens (tertiary/aromatic N) is 3. The van der Waals surface area contributed by atoms with Crippen LogP contribution in [0.2, 0.25) is 5.15 Å². The summed E-state index contributed by atoms with van der Waals surface area (Å²) in [4.78, 5) is 4.00. The predicted molar refractivity (Wildman–Crippen MR) is 50.0 cm³/mol. The first-order valence-electron chi connectivity index (χ1n) is 4.34. The summed E-state index contributed by atoms with van der Waals surface area (Å²) in [7, 11) is 0. The van der Waals surface area contributed by atoms with Gasteiger partial charge in [-0.3, -0.25) is 0 Å². The molecule has 0 bridgehead atoms. The average Bonchev–Trinajstić information content (AvgIpc) is 2.87. The molecule has 13 heavy (non-hydrogen) atoms. The highest BCUT2D eigenvalue weighted by atomic mass is 35.5. The van der Waals surface area contributed by atoms with Crippen LogP contribution in [-0.4, -0.2) is 14.6 Å². The lowest BCUT2D eigenvalue weighted by molar-refractivity contribution is 0.884. The summed E-state index contributed by atoms with van der Waals surface area (Å²) in [6, 6.07) is 2.03. The van der Waals surface area contributed by atoms with E-state index >= 15 is 0 Å².